The summed E-state index contributed by atoms with van der Waals surface area (Å²) in [6.45, 7) is 6.77. The molecule has 1 aromatic carbocycles. The molecule has 4 heteroatoms. The molecule has 1 aliphatic rings. The quantitative estimate of drug-likeness (QED) is 0.797. The molecule has 100 valence electrons. The highest BCUT2D eigenvalue weighted by atomic mass is 15.2. The third kappa shape index (κ3) is 2.23. The summed E-state index contributed by atoms with van der Waals surface area (Å²) in [7, 11) is 0. The fourth-order valence-electron chi connectivity index (χ4n) is 2.77. The smallest absolute Gasteiger partial charge is 0.139 e. The fourth-order valence-corrected chi connectivity index (χ4v) is 2.77. The second kappa shape index (κ2) is 4.68. The maximum atomic E-state index is 5.90. The molecule has 0 amide bonds. The van der Waals surface area contributed by atoms with E-state index in [0.717, 1.165) is 41.4 Å². The van der Waals surface area contributed by atoms with Crippen LogP contribution in [0.5, 0.6) is 0 Å². The molecule has 2 N–H and O–H groups in total. The lowest BCUT2D eigenvalue weighted by Gasteiger charge is -2.36. The van der Waals surface area contributed by atoms with Gasteiger partial charge in [0.1, 0.15) is 12.1 Å². The molecule has 2 atom stereocenters. The molecule has 0 spiro atoms. The molecule has 0 aliphatic carbocycles. The first kappa shape index (κ1) is 12.2. The summed E-state index contributed by atoms with van der Waals surface area (Å²) >= 11 is 0. The lowest BCUT2D eigenvalue weighted by atomic mass is 9.88. The van der Waals surface area contributed by atoms with E-state index in [2.05, 4.69) is 28.7 Å². The van der Waals surface area contributed by atoms with Gasteiger partial charge in [0, 0.05) is 24.2 Å². The Morgan fingerprint density at radius 1 is 1.21 bits per heavy atom. The summed E-state index contributed by atoms with van der Waals surface area (Å²) in [4.78, 5) is 11.2. The van der Waals surface area contributed by atoms with Crippen molar-refractivity contribution < 1.29 is 0 Å². The molecule has 2 heterocycles. The predicted octanol–water partition coefficient (Wildman–Crippen LogP) is 2.69. The van der Waals surface area contributed by atoms with Gasteiger partial charge in [-0.25, -0.2) is 9.97 Å². The highest BCUT2D eigenvalue weighted by Gasteiger charge is 2.24. The minimum atomic E-state index is 0.694. The van der Waals surface area contributed by atoms with Crippen molar-refractivity contribution in [3.63, 3.8) is 0 Å². The predicted molar refractivity (Wildman–Crippen MR) is 79.1 cm³/mol. The number of nitrogen functional groups attached to an aromatic ring is 1. The van der Waals surface area contributed by atoms with E-state index in [0.29, 0.717) is 5.92 Å². The van der Waals surface area contributed by atoms with Gasteiger partial charge in [0.05, 0.1) is 5.52 Å². The van der Waals surface area contributed by atoms with E-state index >= 15 is 0 Å². The Labute approximate surface area is 113 Å². The number of anilines is 2. The number of fused-ring (bicyclic) bond motifs is 1. The topological polar surface area (TPSA) is 55.0 Å². The average Bonchev–Trinajstić information content (AvgIpc) is 2.41. The van der Waals surface area contributed by atoms with E-state index in [1.165, 1.54) is 6.42 Å². The molecule has 0 bridgehead atoms. The van der Waals surface area contributed by atoms with Gasteiger partial charge in [0.25, 0.3) is 0 Å². The van der Waals surface area contributed by atoms with Crippen LogP contribution >= 0.6 is 0 Å². The molecule has 4 nitrogen and oxygen atoms in total. The van der Waals surface area contributed by atoms with Gasteiger partial charge < -0.3 is 10.6 Å². The molecule has 1 aromatic heterocycles. The Kier molecular flexibility index (Phi) is 3.01. The molecule has 1 fully saturated rings. The largest absolute Gasteiger partial charge is 0.399 e. The number of nitrogens with two attached hydrogens (primary N) is 1. The summed E-state index contributed by atoms with van der Waals surface area (Å²) in [5.74, 6) is 2.50. The van der Waals surface area contributed by atoms with Crippen LogP contribution in [0.3, 0.4) is 0 Å². The molecule has 0 radical (unpaired) electrons. The highest BCUT2D eigenvalue weighted by molar-refractivity contribution is 5.91. The van der Waals surface area contributed by atoms with Crippen LogP contribution in [-0.2, 0) is 0 Å². The number of aromatic nitrogens is 2. The number of nitrogens with zero attached hydrogens (tertiary/aromatic N) is 3. The summed E-state index contributed by atoms with van der Waals surface area (Å²) < 4.78 is 0. The number of hydrogen-bond donors (Lipinski definition) is 1. The first-order chi connectivity index (χ1) is 9.15. The van der Waals surface area contributed by atoms with Crippen LogP contribution in [0.1, 0.15) is 20.3 Å². The van der Waals surface area contributed by atoms with Gasteiger partial charge >= 0.3 is 0 Å². The number of hydrogen-bond acceptors (Lipinski definition) is 4. The second-order valence-corrected chi connectivity index (χ2v) is 5.66. The number of benzene rings is 1. The Balaban J connectivity index is 2.03. The summed E-state index contributed by atoms with van der Waals surface area (Å²) in [6, 6.07) is 5.83. The van der Waals surface area contributed by atoms with Crippen molar-refractivity contribution in [2.45, 2.75) is 20.3 Å². The minimum Gasteiger partial charge on any atom is -0.399 e. The van der Waals surface area contributed by atoms with E-state index in [1.54, 1.807) is 6.33 Å². The van der Waals surface area contributed by atoms with Gasteiger partial charge in [-0.05, 0) is 36.5 Å². The van der Waals surface area contributed by atoms with Crippen molar-refractivity contribution in [2.75, 3.05) is 23.7 Å². The highest BCUT2D eigenvalue weighted by Crippen LogP contribution is 2.30. The molecule has 2 unspecified atom stereocenters. The lowest BCUT2D eigenvalue weighted by Crippen LogP contribution is -2.39. The van der Waals surface area contributed by atoms with Crippen LogP contribution in [0.25, 0.3) is 10.9 Å². The first-order valence-corrected chi connectivity index (χ1v) is 6.90. The van der Waals surface area contributed by atoms with E-state index in [9.17, 15) is 0 Å². The van der Waals surface area contributed by atoms with Crippen LogP contribution in [0.4, 0.5) is 11.5 Å². The van der Waals surface area contributed by atoms with Gasteiger partial charge in [0.15, 0.2) is 0 Å². The minimum absolute atomic E-state index is 0.694. The molecule has 0 saturated carbocycles. The maximum Gasteiger partial charge on any atom is 0.139 e. The van der Waals surface area contributed by atoms with Gasteiger partial charge in [-0.2, -0.15) is 0 Å². The molecular formula is C15H20N4. The van der Waals surface area contributed by atoms with E-state index in [1.807, 2.05) is 18.2 Å². The van der Waals surface area contributed by atoms with Crippen LogP contribution in [0, 0.1) is 11.8 Å². The number of rotatable bonds is 1. The zero-order valence-corrected chi connectivity index (χ0v) is 11.5. The lowest BCUT2D eigenvalue weighted by molar-refractivity contribution is 0.323. The average molecular weight is 256 g/mol. The SMILES string of the molecule is CC1CCN(c2ncnc3ccc(N)cc23)CC1C. The van der Waals surface area contributed by atoms with Gasteiger partial charge in [-0.3, -0.25) is 0 Å². The van der Waals surface area contributed by atoms with Crippen LogP contribution in [0.15, 0.2) is 24.5 Å². The Morgan fingerprint density at radius 2 is 2.05 bits per heavy atom. The molecule has 1 aliphatic heterocycles. The van der Waals surface area contributed by atoms with Crippen molar-refractivity contribution >= 4 is 22.4 Å². The second-order valence-electron chi connectivity index (χ2n) is 5.66. The Morgan fingerprint density at radius 3 is 2.84 bits per heavy atom. The fraction of sp³-hybridized carbons (Fsp3) is 0.467. The first-order valence-electron chi connectivity index (χ1n) is 6.90. The van der Waals surface area contributed by atoms with Crippen LogP contribution < -0.4 is 10.6 Å². The molecule has 1 saturated heterocycles. The maximum absolute atomic E-state index is 5.90. The van der Waals surface area contributed by atoms with E-state index in [4.69, 9.17) is 5.73 Å². The van der Waals surface area contributed by atoms with Crippen LogP contribution in [0.2, 0.25) is 0 Å². The third-order valence-corrected chi connectivity index (χ3v) is 4.27. The molecule has 3 rings (SSSR count). The summed E-state index contributed by atoms with van der Waals surface area (Å²) in [5.41, 5.74) is 7.63. The van der Waals surface area contributed by atoms with Crippen LogP contribution in [-0.4, -0.2) is 23.1 Å². The van der Waals surface area contributed by atoms with Gasteiger partial charge in [0.2, 0.25) is 0 Å². The van der Waals surface area contributed by atoms with Gasteiger partial charge in [-0.1, -0.05) is 13.8 Å². The molecular weight excluding hydrogens is 236 g/mol. The van der Waals surface area contributed by atoms with Crippen molar-refractivity contribution in [2.24, 2.45) is 11.8 Å². The number of piperidine rings is 1. The Bertz CT molecular complexity index is 596. The van der Waals surface area contributed by atoms with Crippen molar-refractivity contribution in [3.05, 3.63) is 24.5 Å². The standard InChI is InChI=1S/C15H20N4/c1-10-5-6-19(8-11(10)2)15-13-7-12(16)3-4-14(13)17-9-18-15/h3-4,7,9-11H,5-6,8,16H2,1-2H3. The van der Waals surface area contributed by atoms with Crippen molar-refractivity contribution in [1.82, 2.24) is 9.97 Å². The summed E-state index contributed by atoms with van der Waals surface area (Å²) in [6.07, 6.45) is 2.87. The normalized spacial score (nSPS) is 23.8. The van der Waals surface area contributed by atoms with E-state index in [-0.39, 0.29) is 0 Å². The zero-order valence-electron chi connectivity index (χ0n) is 11.5. The van der Waals surface area contributed by atoms with Crippen molar-refractivity contribution in [3.8, 4) is 0 Å². The molecule has 2 aromatic rings. The Hall–Kier alpha value is -1.84. The van der Waals surface area contributed by atoms with E-state index < -0.39 is 0 Å². The monoisotopic (exact) mass is 256 g/mol. The molecule has 19 heavy (non-hydrogen) atoms. The zero-order chi connectivity index (χ0) is 13.4. The summed E-state index contributed by atoms with van der Waals surface area (Å²) in [5, 5.41) is 1.06. The van der Waals surface area contributed by atoms with Crippen molar-refractivity contribution in [1.29, 1.82) is 0 Å². The van der Waals surface area contributed by atoms with Gasteiger partial charge in [-0.15, -0.1) is 0 Å². The third-order valence-electron chi connectivity index (χ3n) is 4.27.